The second-order valence-electron chi connectivity index (χ2n) is 2.45. The minimum absolute atomic E-state index is 0.443. The number of fused-ring (bicyclic) bond motifs is 1. The zero-order chi connectivity index (χ0) is 6.10. The van der Waals surface area contributed by atoms with Crippen LogP contribution in [0.4, 0.5) is 0 Å². The molecule has 9 heavy (non-hydrogen) atoms. The van der Waals surface area contributed by atoms with Crippen LogP contribution in [0.2, 0.25) is 0 Å². The average Bonchev–Trinajstić information content (AvgIpc) is 2.33. The third kappa shape index (κ3) is 0.943. The van der Waals surface area contributed by atoms with Crippen LogP contribution in [0.15, 0.2) is 0 Å². The monoisotopic (exact) mass is 128 g/mol. The zero-order valence-electron chi connectivity index (χ0n) is 5.28. The molecule has 0 amide bonds. The van der Waals surface area contributed by atoms with E-state index in [9.17, 15) is 0 Å². The topological polar surface area (TPSA) is 48.1 Å². The molecular weight excluding hydrogens is 116 g/mol. The van der Waals surface area contributed by atoms with Gasteiger partial charge in [-0.1, -0.05) is 0 Å². The summed E-state index contributed by atoms with van der Waals surface area (Å²) in [7, 11) is 0. The maximum absolute atomic E-state index is 3.34. The zero-order valence-corrected chi connectivity index (χ0v) is 5.28. The first-order valence-electron chi connectivity index (χ1n) is 3.40. The summed E-state index contributed by atoms with van der Waals surface area (Å²) >= 11 is 0. The van der Waals surface area contributed by atoms with Crippen LogP contribution >= 0.6 is 0 Å². The van der Waals surface area contributed by atoms with Crippen molar-refractivity contribution in [2.45, 2.75) is 12.3 Å². The van der Waals surface area contributed by atoms with Crippen molar-refractivity contribution in [3.05, 3.63) is 0 Å². The van der Waals surface area contributed by atoms with E-state index in [-0.39, 0.29) is 0 Å². The van der Waals surface area contributed by atoms with Crippen LogP contribution in [-0.4, -0.2) is 32.1 Å². The Morgan fingerprint density at radius 2 is 1.33 bits per heavy atom. The van der Waals surface area contributed by atoms with Crippen LogP contribution in [0, 0.1) is 0 Å². The SMILES string of the molecule is C1CNC2NCNC2N1. The van der Waals surface area contributed by atoms with Crippen LogP contribution in [0.25, 0.3) is 0 Å². The summed E-state index contributed by atoms with van der Waals surface area (Å²) < 4.78 is 0. The fourth-order valence-corrected chi connectivity index (χ4v) is 1.35. The molecule has 2 unspecified atom stereocenters. The van der Waals surface area contributed by atoms with E-state index < -0.39 is 0 Å². The molecule has 0 spiro atoms. The maximum Gasteiger partial charge on any atom is 0.0877 e. The maximum atomic E-state index is 3.34. The highest BCUT2D eigenvalue weighted by Gasteiger charge is 2.27. The standard InChI is InChI=1S/C5H12N4/c1-2-7-5-4(6-1)8-3-9-5/h4-9H,1-3H2. The van der Waals surface area contributed by atoms with Gasteiger partial charge in [0.1, 0.15) is 0 Å². The fourth-order valence-electron chi connectivity index (χ4n) is 1.35. The van der Waals surface area contributed by atoms with Crippen molar-refractivity contribution in [1.82, 2.24) is 21.3 Å². The second kappa shape index (κ2) is 2.22. The van der Waals surface area contributed by atoms with Gasteiger partial charge >= 0.3 is 0 Å². The van der Waals surface area contributed by atoms with E-state index in [0.717, 1.165) is 19.8 Å². The highest BCUT2D eigenvalue weighted by Crippen LogP contribution is 1.95. The molecule has 0 aromatic carbocycles. The second-order valence-corrected chi connectivity index (χ2v) is 2.45. The molecule has 4 heteroatoms. The third-order valence-corrected chi connectivity index (χ3v) is 1.83. The minimum atomic E-state index is 0.443. The molecule has 2 aliphatic heterocycles. The van der Waals surface area contributed by atoms with Gasteiger partial charge < -0.3 is 0 Å². The Kier molecular flexibility index (Phi) is 1.39. The van der Waals surface area contributed by atoms with E-state index in [1.807, 2.05) is 0 Å². The first kappa shape index (κ1) is 5.61. The van der Waals surface area contributed by atoms with Gasteiger partial charge in [-0.05, 0) is 0 Å². The minimum Gasteiger partial charge on any atom is -0.298 e. The van der Waals surface area contributed by atoms with E-state index >= 15 is 0 Å². The quantitative estimate of drug-likeness (QED) is 0.304. The van der Waals surface area contributed by atoms with E-state index in [1.165, 1.54) is 0 Å². The molecule has 0 aromatic heterocycles. The summed E-state index contributed by atoms with van der Waals surface area (Å²) in [6.07, 6.45) is 0.887. The highest BCUT2D eigenvalue weighted by atomic mass is 15.4. The Morgan fingerprint density at radius 3 is 1.89 bits per heavy atom. The number of hydrogen-bond donors (Lipinski definition) is 4. The van der Waals surface area contributed by atoms with Gasteiger partial charge in [0, 0.05) is 19.8 Å². The van der Waals surface area contributed by atoms with Gasteiger partial charge in [-0.15, -0.1) is 0 Å². The first-order chi connectivity index (χ1) is 4.47. The number of rotatable bonds is 0. The molecule has 2 rings (SSSR count). The van der Waals surface area contributed by atoms with Gasteiger partial charge in [0.05, 0.1) is 12.3 Å². The van der Waals surface area contributed by atoms with Crippen LogP contribution < -0.4 is 21.3 Å². The van der Waals surface area contributed by atoms with Crippen molar-refractivity contribution in [3.8, 4) is 0 Å². The molecule has 2 heterocycles. The number of piperazine rings is 1. The van der Waals surface area contributed by atoms with Gasteiger partial charge in [-0.2, -0.15) is 0 Å². The lowest BCUT2D eigenvalue weighted by Crippen LogP contribution is -2.59. The van der Waals surface area contributed by atoms with Crippen LogP contribution in [0.1, 0.15) is 0 Å². The lowest BCUT2D eigenvalue weighted by Gasteiger charge is -2.26. The van der Waals surface area contributed by atoms with Crippen molar-refractivity contribution < 1.29 is 0 Å². The first-order valence-corrected chi connectivity index (χ1v) is 3.40. The van der Waals surface area contributed by atoms with Crippen molar-refractivity contribution in [2.24, 2.45) is 0 Å². The van der Waals surface area contributed by atoms with Gasteiger partial charge in [0.2, 0.25) is 0 Å². The molecule has 0 radical (unpaired) electrons. The highest BCUT2D eigenvalue weighted by molar-refractivity contribution is 4.87. The Hall–Kier alpha value is -0.160. The number of hydrogen-bond acceptors (Lipinski definition) is 4. The lowest BCUT2D eigenvalue weighted by atomic mass is 10.3. The predicted molar refractivity (Wildman–Crippen MR) is 34.7 cm³/mol. The van der Waals surface area contributed by atoms with Crippen LogP contribution in [0.3, 0.4) is 0 Å². The van der Waals surface area contributed by atoms with Gasteiger partial charge in [0.15, 0.2) is 0 Å². The van der Waals surface area contributed by atoms with Crippen LogP contribution in [0.5, 0.6) is 0 Å². The summed E-state index contributed by atoms with van der Waals surface area (Å²) in [6, 6.07) is 0. The Bertz CT molecular complexity index is 93.1. The molecule has 0 aliphatic carbocycles. The summed E-state index contributed by atoms with van der Waals surface area (Å²) in [5.41, 5.74) is 0. The fraction of sp³-hybridized carbons (Fsp3) is 1.00. The Labute approximate surface area is 54.4 Å². The van der Waals surface area contributed by atoms with Crippen molar-refractivity contribution in [1.29, 1.82) is 0 Å². The van der Waals surface area contributed by atoms with Gasteiger partial charge in [0.25, 0.3) is 0 Å². The summed E-state index contributed by atoms with van der Waals surface area (Å²) in [5, 5.41) is 13.2. The molecule has 0 saturated carbocycles. The molecular formula is C5H12N4. The normalized spacial score (nSPS) is 42.7. The molecule has 0 aromatic rings. The summed E-state index contributed by atoms with van der Waals surface area (Å²) in [5.74, 6) is 0. The van der Waals surface area contributed by atoms with E-state index in [4.69, 9.17) is 0 Å². The molecule has 52 valence electrons. The van der Waals surface area contributed by atoms with E-state index in [1.54, 1.807) is 0 Å². The van der Waals surface area contributed by atoms with E-state index in [0.29, 0.717) is 12.3 Å². The third-order valence-electron chi connectivity index (χ3n) is 1.83. The molecule has 2 atom stereocenters. The molecule has 2 fully saturated rings. The van der Waals surface area contributed by atoms with Crippen molar-refractivity contribution in [2.75, 3.05) is 19.8 Å². The molecule has 4 nitrogen and oxygen atoms in total. The largest absolute Gasteiger partial charge is 0.298 e. The Balaban J connectivity index is 1.97. The summed E-state index contributed by atoms with van der Waals surface area (Å²) in [6.45, 7) is 3.04. The smallest absolute Gasteiger partial charge is 0.0877 e. The molecule has 2 saturated heterocycles. The molecule has 4 N–H and O–H groups in total. The van der Waals surface area contributed by atoms with Gasteiger partial charge in [-0.3, -0.25) is 21.3 Å². The van der Waals surface area contributed by atoms with Crippen molar-refractivity contribution in [3.63, 3.8) is 0 Å². The predicted octanol–water partition coefficient (Wildman–Crippen LogP) is -2.02. The summed E-state index contributed by atoms with van der Waals surface area (Å²) in [4.78, 5) is 0. The molecule has 0 bridgehead atoms. The number of nitrogens with one attached hydrogen (secondary N) is 4. The van der Waals surface area contributed by atoms with Crippen LogP contribution in [-0.2, 0) is 0 Å². The average molecular weight is 128 g/mol. The van der Waals surface area contributed by atoms with E-state index in [2.05, 4.69) is 21.3 Å². The lowest BCUT2D eigenvalue weighted by molar-refractivity contribution is 0.324. The van der Waals surface area contributed by atoms with Crippen molar-refractivity contribution >= 4 is 0 Å². The molecule has 2 aliphatic rings. The van der Waals surface area contributed by atoms with Gasteiger partial charge in [-0.25, -0.2) is 0 Å². The Morgan fingerprint density at radius 1 is 0.778 bits per heavy atom.